The van der Waals surface area contributed by atoms with Crippen molar-refractivity contribution in [1.29, 1.82) is 0 Å². The van der Waals surface area contributed by atoms with Crippen LogP contribution in [0.15, 0.2) is 29.4 Å². The van der Waals surface area contributed by atoms with Crippen LogP contribution < -0.4 is 4.57 Å². The molecule has 1 aromatic heterocycles. The lowest BCUT2D eigenvalue weighted by molar-refractivity contribution is -0.672. The molecule has 80 valence electrons. The van der Waals surface area contributed by atoms with E-state index in [1.54, 1.807) is 0 Å². The van der Waals surface area contributed by atoms with Crippen LogP contribution in [0.25, 0.3) is 0 Å². The van der Waals surface area contributed by atoms with Gasteiger partial charge in [0.1, 0.15) is 7.05 Å². The van der Waals surface area contributed by atoms with Crippen molar-refractivity contribution in [2.45, 2.75) is 38.1 Å². The maximum atomic E-state index is 4.67. The average Bonchev–Trinajstić information content (AvgIpc) is 2.29. The molecule has 0 N–H and O–H groups in total. The Balaban J connectivity index is 2.01. The fourth-order valence-corrected chi connectivity index (χ4v) is 2.08. The van der Waals surface area contributed by atoms with E-state index < -0.39 is 0 Å². The van der Waals surface area contributed by atoms with Crippen LogP contribution >= 0.6 is 0 Å². The molecular weight excluding hydrogens is 184 g/mol. The van der Waals surface area contributed by atoms with Crippen molar-refractivity contribution in [1.82, 2.24) is 0 Å². The summed E-state index contributed by atoms with van der Waals surface area (Å²) in [6, 6.07) is 6.77. The Bertz CT molecular complexity index is 338. The van der Waals surface area contributed by atoms with E-state index in [0.29, 0.717) is 6.04 Å². The lowest BCUT2D eigenvalue weighted by Crippen LogP contribution is -2.32. The van der Waals surface area contributed by atoms with Crippen molar-refractivity contribution in [3.63, 3.8) is 0 Å². The molecule has 0 bridgehead atoms. The third-order valence-corrected chi connectivity index (χ3v) is 3.09. The molecule has 0 atom stereocenters. The lowest BCUT2D eigenvalue weighted by Gasteiger charge is -2.16. The highest BCUT2D eigenvalue weighted by Crippen LogP contribution is 2.19. The fraction of sp³-hybridized carbons (Fsp3) is 0.538. The van der Waals surface area contributed by atoms with Gasteiger partial charge in [0.05, 0.1) is 12.3 Å². The van der Waals surface area contributed by atoms with Gasteiger partial charge in [-0.15, -0.1) is 0 Å². The van der Waals surface area contributed by atoms with Crippen LogP contribution in [-0.2, 0) is 7.05 Å². The van der Waals surface area contributed by atoms with Gasteiger partial charge in [-0.05, 0) is 18.9 Å². The van der Waals surface area contributed by atoms with Gasteiger partial charge in [-0.3, -0.25) is 4.99 Å². The van der Waals surface area contributed by atoms with Gasteiger partial charge in [0, 0.05) is 12.1 Å². The van der Waals surface area contributed by atoms with Gasteiger partial charge >= 0.3 is 0 Å². The van der Waals surface area contributed by atoms with Crippen molar-refractivity contribution >= 4 is 6.21 Å². The van der Waals surface area contributed by atoms with Crippen molar-refractivity contribution in [2.24, 2.45) is 12.0 Å². The second kappa shape index (κ2) is 5.06. The molecule has 1 fully saturated rings. The van der Waals surface area contributed by atoms with Gasteiger partial charge in [0.2, 0.25) is 5.69 Å². The van der Waals surface area contributed by atoms with Crippen LogP contribution in [0.5, 0.6) is 0 Å². The zero-order chi connectivity index (χ0) is 10.5. The first-order valence-corrected chi connectivity index (χ1v) is 5.84. The average molecular weight is 203 g/mol. The van der Waals surface area contributed by atoms with Crippen molar-refractivity contribution in [3.8, 4) is 0 Å². The van der Waals surface area contributed by atoms with Gasteiger partial charge in [0.15, 0.2) is 6.20 Å². The van der Waals surface area contributed by atoms with Gasteiger partial charge in [-0.1, -0.05) is 19.3 Å². The molecule has 2 heteroatoms. The Morgan fingerprint density at radius 1 is 1.27 bits per heavy atom. The minimum absolute atomic E-state index is 0.568. The van der Waals surface area contributed by atoms with E-state index in [1.807, 2.05) is 12.3 Å². The van der Waals surface area contributed by atoms with E-state index >= 15 is 0 Å². The van der Waals surface area contributed by atoms with Gasteiger partial charge < -0.3 is 0 Å². The molecule has 1 aliphatic carbocycles. The molecular formula is C13H19N2+. The first-order valence-electron chi connectivity index (χ1n) is 5.84. The highest BCUT2D eigenvalue weighted by atomic mass is 14.9. The Morgan fingerprint density at radius 2 is 2.07 bits per heavy atom. The summed E-state index contributed by atoms with van der Waals surface area (Å²) in [6.45, 7) is 0. The molecule has 0 saturated heterocycles. The van der Waals surface area contributed by atoms with E-state index in [9.17, 15) is 0 Å². The molecule has 0 aliphatic heterocycles. The lowest BCUT2D eigenvalue weighted by atomic mass is 9.96. The summed E-state index contributed by atoms with van der Waals surface area (Å²) in [5.41, 5.74) is 1.18. The first kappa shape index (κ1) is 10.3. The number of pyridine rings is 1. The second-order valence-corrected chi connectivity index (χ2v) is 4.31. The molecule has 0 radical (unpaired) electrons. The van der Waals surface area contributed by atoms with Crippen molar-refractivity contribution in [2.75, 3.05) is 0 Å². The molecule has 1 heterocycles. The first-order chi connectivity index (χ1) is 7.36. The molecule has 2 nitrogen and oxygen atoms in total. The largest absolute Gasteiger partial charge is 0.283 e. The minimum Gasteiger partial charge on any atom is -0.283 e. The quantitative estimate of drug-likeness (QED) is 0.518. The van der Waals surface area contributed by atoms with E-state index in [-0.39, 0.29) is 0 Å². The predicted molar refractivity (Wildman–Crippen MR) is 62.1 cm³/mol. The summed E-state index contributed by atoms with van der Waals surface area (Å²) in [6.07, 6.45) is 10.7. The predicted octanol–water partition coefficient (Wildman–Crippen LogP) is 2.26. The summed E-state index contributed by atoms with van der Waals surface area (Å²) in [7, 11) is 2.06. The molecule has 0 unspecified atom stereocenters. The molecule has 0 aromatic carbocycles. The third kappa shape index (κ3) is 2.88. The Kier molecular flexibility index (Phi) is 3.49. The molecule has 1 aromatic rings. The van der Waals surface area contributed by atoms with E-state index in [4.69, 9.17) is 0 Å². The molecule has 1 saturated carbocycles. The number of hydrogen-bond donors (Lipinski definition) is 0. The number of rotatable bonds is 2. The molecule has 0 amide bonds. The monoisotopic (exact) mass is 203 g/mol. The van der Waals surface area contributed by atoms with Crippen LogP contribution in [0.1, 0.15) is 37.8 Å². The number of nitrogens with zero attached hydrogens (tertiary/aromatic N) is 2. The highest BCUT2D eigenvalue weighted by molar-refractivity contribution is 5.75. The number of aryl methyl sites for hydroxylation is 1. The van der Waals surface area contributed by atoms with Crippen molar-refractivity contribution < 1.29 is 4.57 Å². The van der Waals surface area contributed by atoms with Gasteiger partial charge in [-0.25, -0.2) is 4.57 Å². The SMILES string of the molecule is C[n+]1ccccc1C=NC1CCCCC1. The van der Waals surface area contributed by atoms with Crippen LogP contribution in [-0.4, -0.2) is 12.3 Å². The molecule has 2 rings (SSSR count). The fourth-order valence-electron chi connectivity index (χ4n) is 2.08. The molecule has 15 heavy (non-hydrogen) atoms. The van der Waals surface area contributed by atoms with Crippen LogP contribution in [0.2, 0.25) is 0 Å². The van der Waals surface area contributed by atoms with Gasteiger partial charge in [-0.2, -0.15) is 0 Å². The van der Waals surface area contributed by atoms with Crippen LogP contribution in [0.4, 0.5) is 0 Å². The summed E-state index contributed by atoms with van der Waals surface area (Å²) < 4.78 is 2.10. The molecule has 1 aliphatic rings. The van der Waals surface area contributed by atoms with E-state index in [2.05, 4.69) is 34.9 Å². The maximum Gasteiger partial charge on any atom is 0.222 e. The van der Waals surface area contributed by atoms with E-state index in [0.717, 1.165) is 0 Å². The number of aliphatic imine (C=N–C) groups is 1. The Hall–Kier alpha value is -1.18. The van der Waals surface area contributed by atoms with E-state index in [1.165, 1.54) is 37.8 Å². The zero-order valence-corrected chi connectivity index (χ0v) is 9.39. The normalized spacial score (nSPS) is 18.5. The number of hydrogen-bond acceptors (Lipinski definition) is 1. The summed E-state index contributed by atoms with van der Waals surface area (Å²) in [4.78, 5) is 4.67. The highest BCUT2D eigenvalue weighted by Gasteiger charge is 2.11. The van der Waals surface area contributed by atoms with Crippen LogP contribution in [0.3, 0.4) is 0 Å². The summed E-state index contributed by atoms with van der Waals surface area (Å²) >= 11 is 0. The second-order valence-electron chi connectivity index (χ2n) is 4.31. The Morgan fingerprint density at radius 3 is 2.80 bits per heavy atom. The minimum atomic E-state index is 0.568. The summed E-state index contributed by atoms with van der Waals surface area (Å²) in [5.74, 6) is 0. The Labute approximate surface area is 91.7 Å². The summed E-state index contributed by atoms with van der Waals surface area (Å²) in [5, 5.41) is 0. The maximum absolute atomic E-state index is 4.67. The van der Waals surface area contributed by atoms with Gasteiger partial charge in [0.25, 0.3) is 0 Å². The zero-order valence-electron chi connectivity index (χ0n) is 9.39. The van der Waals surface area contributed by atoms with Crippen molar-refractivity contribution in [3.05, 3.63) is 30.1 Å². The third-order valence-electron chi connectivity index (χ3n) is 3.09. The van der Waals surface area contributed by atoms with Crippen LogP contribution in [0, 0.1) is 0 Å². The molecule has 0 spiro atoms. The number of aromatic nitrogens is 1. The standard InChI is InChI=1S/C13H19N2/c1-15-10-6-5-9-13(15)11-14-12-7-3-2-4-8-12/h5-6,9-12H,2-4,7-8H2,1H3/q+1. The smallest absolute Gasteiger partial charge is 0.222 e. The topological polar surface area (TPSA) is 16.2 Å².